The highest BCUT2D eigenvalue weighted by Crippen LogP contribution is 2.32. The highest BCUT2D eigenvalue weighted by Gasteiger charge is 2.14. The molecule has 1 aromatic carbocycles. The molecule has 2 aromatic rings. The summed E-state index contributed by atoms with van der Waals surface area (Å²) in [5.74, 6) is 0.230. The number of esters is 1. The summed E-state index contributed by atoms with van der Waals surface area (Å²) < 4.78 is 4.68. The van der Waals surface area contributed by atoms with Crippen molar-refractivity contribution >= 4 is 17.3 Å². The van der Waals surface area contributed by atoms with Crippen molar-refractivity contribution in [2.24, 2.45) is 0 Å². The topological polar surface area (TPSA) is 46.5 Å². The zero-order valence-electron chi connectivity index (χ0n) is 10.9. The molecule has 0 aliphatic carbocycles. The molecule has 0 saturated carbocycles. The second-order valence-corrected chi connectivity index (χ2v) is 5.41. The number of benzene rings is 1. The predicted molar refractivity (Wildman–Crippen MR) is 76.5 cm³/mol. The number of carbonyl (C=O) groups is 1. The molecule has 1 heterocycles. The third-order valence-corrected chi connectivity index (χ3v) is 4.17. The van der Waals surface area contributed by atoms with E-state index in [-0.39, 0.29) is 17.6 Å². The van der Waals surface area contributed by atoms with Gasteiger partial charge in [0.1, 0.15) is 5.75 Å². The molecule has 0 fully saturated rings. The fourth-order valence-corrected chi connectivity index (χ4v) is 2.83. The summed E-state index contributed by atoms with van der Waals surface area (Å²) in [5, 5.41) is 11.3. The van der Waals surface area contributed by atoms with Crippen molar-refractivity contribution in [3.05, 3.63) is 40.6 Å². The van der Waals surface area contributed by atoms with Crippen molar-refractivity contribution in [1.29, 1.82) is 0 Å². The summed E-state index contributed by atoms with van der Waals surface area (Å²) in [5.41, 5.74) is 2.17. The van der Waals surface area contributed by atoms with Crippen LogP contribution in [0, 0.1) is 0 Å². The molecule has 0 radical (unpaired) electrons. The summed E-state index contributed by atoms with van der Waals surface area (Å²) in [6.45, 7) is 2.02. The predicted octanol–water partition coefficient (Wildman–Crippen LogP) is 3.79. The maximum atomic E-state index is 11.3. The number of phenolic OH excluding ortho intramolecular Hbond substituents is 1. The van der Waals surface area contributed by atoms with Gasteiger partial charge in [-0.3, -0.25) is 4.79 Å². The van der Waals surface area contributed by atoms with Crippen molar-refractivity contribution in [1.82, 2.24) is 0 Å². The Kier molecular flexibility index (Phi) is 4.22. The Hall–Kier alpha value is -1.81. The monoisotopic (exact) mass is 276 g/mol. The quantitative estimate of drug-likeness (QED) is 0.864. The van der Waals surface area contributed by atoms with E-state index < -0.39 is 0 Å². The van der Waals surface area contributed by atoms with Gasteiger partial charge in [0, 0.05) is 10.8 Å². The van der Waals surface area contributed by atoms with Crippen LogP contribution >= 0.6 is 11.3 Å². The largest absolute Gasteiger partial charge is 0.508 e. The van der Waals surface area contributed by atoms with Gasteiger partial charge in [0.15, 0.2) is 0 Å². The van der Waals surface area contributed by atoms with Crippen molar-refractivity contribution in [2.75, 3.05) is 7.11 Å². The average molecular weight is 276 g/mol. The van der Waals surface area contributed by atoms with E-state index in [0.29, 0.717) is 6.42 Å². The first-order valence-electron chi connectivity index (χ1n) is 6.05. The summed E-state index contributed by atoms with van der Waals surface area (Å²) in [4.78, 5) is 12.4. The molecule has 0 amide bonds. The van der Waals surface area contributed by atoms with Crippen LogP contribution in [-0.2, 0) is 9.53 Å². The van der Waals surface area contributed by atoms with Crippen molar-refractivity contribution in [3.63, 3.8) is 0 Å². The van der Waals surface area contributed by atoms with Crippen LogP contribution in [0.5, 0.6) is 5.75 Å². The Morgan fingerprint density at radius 2 is 2.00 bits per heavy atom. The van der Waals surface area contributed by atoms with E-state index in [2.05, 4.69) is 16.2 Å². The minimum atomic E-state index is -0.188. The van der Waals surface area contributed by atoms with Crippen LogP contribution in [0.2, 0.25) is 0 Å². The number of hydrogen-bond donors (Lipinski definition) is 1. The molecular weight excluding hydrogens is 260 g/mol. The molecule has 0 aliphatic heterocycles. The average Bonchev–Trinajstić information content (AvgIpc) is 2.89. The molecule has 1 unspecified atom stereocenters. The number of aromatic hydroxyl groups is 1. The Bertz CT molecular complexity index is 557. The van der Waals surface area contributed by atoms with Crippen LogP contribution in [0.15, 0.2) is 35.7 Å². The third-order valence-electron chi connectivity index (χ3n) is 3.01. The van der Waals surface area contributed by atoms with E-state index in [9.17, 15) is 9.90 Å². The van der Waals surface area contributed by atoms with Gasteiger partial charge in [0.25, 0.3) is 0 Å². The molecule has 19 heavy (non-hydrogen) atoms. The molecule has 1 N–H and O–H groups in total. The molecule has 3 nitrogen and oxygen atoms in total. The van der Waals surface area contributed by atoms with Gasteiger partial charge >= 0.3 is 5.97 Å². The van der Waals surface area contributed by atoms with Gasteiger partial charge in [-0.15, -0.1) is 11.3 Å². The van der Waals surface area contributed by atoms with E-state index in [1.165, 1.54) is 7.11 Å². The minimum Gasteiger partial charge on any atom is -0.508 e. The Morgan fingerprint density at radius 1 is 1.32 bits per heavy atom. The minimum absolute atomic E-state index is 0.156. The lowest BCUT2D eigenvalue weighted by Gasteiger charge is -2.06. The standard InChI is InChI=1S/C15H16O3S/c1-10(7-15(17)18-2)14-8-12(9-19-14)11-3-5-13(16)6-4-11/h3-6,8-10,16H,7H2,1-2H3. The first-order valence-corrected chi connectivity index (χ1v) is 6.92. The second-order valence-electron chi connectivity index (χ2n) is 4.47. The van der Waals surface area contributed by atoms with Crippen LogP contribution in [0.25, 0.3) is 11.1 Å². The molecule has 100 valence electrons. The van der Waals surface area contributed by atoms with E-state index >= 15 is 0 Å². The van der Waals surface area contributed by atoms with Gasteiger partial charge in [-0.1, -0.05) is 19.1 Å². The smallest absolute Gasteiger partial charge is 0.306 e. The van der Waals surface area contributed by atoms with Crippen LogP contribution in [0.1, 0.15) is 24.1 Å². The lowest BCUT2D eigenvalue weighted by atomic mass is 10.0. The van der Waals surface area contributed by atoms with E-state index in [0.717, 1.165) is 16.0 Å². The number of ether oxygens (including phenoxy) is 1. The third kappa shape index (κ3) is 3.35. The van der Waals surface area contributed by atoms with Gasteiger partial charge in [-0.2, -0.15) is 0 Å². The molecule has 0 spiro atoms. The number of thiophene rings is 1. The Morgan fingerprint density at radius 3 is 2.63 bits per heavy atom. The molecule has 1 aromatic heterocycles. The first-order chi connectivity index (χ1) is 9.10. The number of rotatable bonds is 4. The van der Waals surface area contributed by atoms with Crippen LogP contribution in [0.3, 0.4) is 0 Å². The van der Waals surface area contributed by atoms with Gasteiger partial charge in [0.05, 0.1) is 13.5 Å². The summed E-state index contributed by atoms with van der Waals surface area (Å²) >= 11 is 1.64. The molecule has 2 rings (SSSR count). The van der Waals surface area contributed by atoms with Crippen molar-refractivity contribution in [2.45, 2.75) is 19.3 Å². The lowest BCUT2D eigenvalue weighted by Crippen LogP contribution is -2.04. The first kappa shape index (κ1) is 13.6. The fourth-order valence-electron chi connectivity index (χ4n) is 1.85. The van der Waals surface area contributed by atoms with Crippen molar-refractivity contribution in [3.8, 4) is 16.9 Å². The zero-order chi connectivity index (χ0) is 13.8. The van der Waals surface area contributed by atoms with Crippen LogP contribution in [0.4, 0.5) is 0 Å². The second kappa shape index (κ2) is 5.89. The fraction of sp³-hybridized carbons (Fsp3) is 0.267. The SMILES string of the molecule is COC(=O)CC(C)c1cc(-c2ccc(O)cc2)cs1. The molecule has 0 saturated heterocycles. The molecule has 0 bridgehead atoms. The van der Waals surface area contributed by atoms with Crippen LogP contribution < -0.4 is 0 Å². The summed E-state index contributed by atoms with van der Waals surface area (Å²) in [7, 11) is 1.41. The van der Waals surface area contributed by atoms with Gasteiger partial charge in [-0.05, 0) is 34.7 Å². The van der Waals surface area contributed by atoms with Gasteiger partial charge < -0.3 is 9.84 Å². The van der Waals surface area contributed by atoms with E-state index in [4.69, 9.17) is 0 Å². The van der Waals surface area contributed by atoms with Crippen molar-refractivity contribution < 1.29 is 14.6 Å². The highest BCUT2D eigenvalue weighted by atomic mass is 32.1. The van der Waals surface area contributed by atoms with E-state index in [1.807, 2.05) is 19.1 Å². The Labute approximate surface area is 116 Å². The number of phenols is 1. The lowest BCUT2D eigenvalue weighted by molar-refractivity contribution is -0.140. The number of hydrogen-bond acceptors (Lipinski definition) is 4. The molecule has 1 atom stereocenters. The van der Waals surface area contributed by atoms with Gasteiger partial charge in [0.2, 0.25) is 0 Å². The molecule has 4 heteroatoms. The molecule has 0 aliphatic rings. The number of carbonyl (C=O) groups excluding carboxylic acids is 1. The maximum absolute atomic E-state index is 11.3. The maximum Gasteiger partial charge on any atom is 0.306 e. The zero-order valence-corrected chi connectivity index (χ0v) is 11.7. The Balaban J connectivity index is 2.14. The van der Waals surface area contributed by atoms with E-state index in [1.54, 1.807) is 23.5 Å². The number of methoxy groups -OCH3 is 1. The summed E-state index contributed by atoms with van der Waals surface area (Å²) in [6, 6.07) is 9.19. The van der Waals surface area contributed by atoms with Gasteiger partial charge in [-0.25, -0.2) is 0 Å². The molecular formula is C15H16O3S. The highest BCUT2D eigenvalue weighted by molar-refractivity contribution is 7.10. The van der Waals surface area contributed by atoms with Crippen LogP contribution in [-0.4, -0.2) is 18.2 Å². The normalized spacial score (nSPS) is 12.1. The summed E-state index contributed by atoms with van der Waals surface area (Å²) in [6.07, 6.45) is 0.395.